The molecule has 0 bridgehead atoms. The number of hydrogen-bond donors (Lipinski definition) is 1. The molecular weight excluding hydrogens is 254 g/mol. The summed E-state index contributed by atoms with van der Waals surface area (Å²) < 4.78 is 34.0. The number of rotatable bonds is 5. The SMILES string of the molecule is COc1ccc(C(O)C2CCCC2)cc1OC(F)F. The van der Waals surface area contributed by atoms with E-state index in [0.29, 0.717) is 5.56 Å². The first-order valence-corrected chi connectivity index (χ1v) is 6.42. The molecule has 1 aliphatic carbocycles. The van der Waals surface area contributed by atoms with E-state index in [2.05, 4.69) is 4.74 Å². The van der Waals surface area contributed by atoms with Crippen molar-refractivity contribution in [1.29, 1.82) is 0 Å². The van der Waals surface area contributed by atoms with Crippen LogP contribution in [0.1, 0.15) is 37.4 Å². The van der Waals surface area contributed by atoms with Crippen molar-refractivity contribution in [3.63, 3.8) is 0 Å². The van der Waals surface area contributed by atoms with Crippen LogP contribution in [-0.2, 0) is 0 Å². The highest BCUT2D eigenvalue weighted by Gasteiger charge is 2.25. The van der Waals surface area contributed by atoms with Gasteiger partial charge in [0.05, 0.1) is 13.2 Å². The standard InChI is InChI=1S/C14H18F2O3/c1-18-11-7-6-10(8-12(11)19-14(15)16)13(17)9-4-2-3-5-9/h6-9,13-14,17H,2-5H2,1H3. The first-order valence-electron chi connectivity index (χ1n) is 6.42. The van der Waals surface area contributed by atoms with E-state index in [4.69, 9.17) is 4.74 Å². The van der Waals surface area contributed by atoms with Gasteiger partial charge in [-0.05, 0) is 36.5 Å². The van der Waals surface area contributed by atoms with Crippen LogP contribution in [0.5, 0.6) is 11.5 Å². The van der Waals surface area contributed by atoms with Crippen LogP contribution in [0.15, 0.2) is 18.2 Å². The van der Waals surface area contributed by atoms with Crippen LogP contribution in [0.25, 0.3) is 0 Å². The lowest BCUT2D eigenvalue weighted by Crippen LogP contribution is -2.10. The Morgan fingerprint density at radius 1 is 1.21 bits per heavy atom. The van der Waals surface area contributed by atoms with Crippen LogP contribution in [-0.4, -0.2) is 18.8 Å². The zero-order valence-electron chi connectivity index (χ0n) is 10.8. The molecule has 1 atom stereocenters. The molecule has 2 rings (SSSR count). The molecule has 0 amide bonds. The van der Waals surface area contributed by atoms with Gasteiger partial charge in [-0.1, -0.05) is 18.9 Å². The molecule has 0 aromatic heterocycles. The Labute approximate surface area is 111 Å². The zero-order valence-corrected chi connectivity index (χ0v) is 10.8. The van der Waals surface area contributed by atoms with E-state index in [9.17, 15) is 13.9 Å². The summed E-state index contributed by atoms with van der Waals surface area (Å²) >= 11 is 0. The van der Waals surface area contributed by atoms with Crippen molar-refractivity contribution in [2.75, 3.05) is 7.11 Å². The second-order valence-corrected chi connectivity index (χ2v) is 4.78. The van der Waals surface area contributed by atoms with E-state index in [1.54, 1.807) is 12.1 Å². The van der Waals surface area contributed by atoms with Gasteiger partial charge >= 0.3 is 6.61 Å². The van der Waals surface area contributed by atoms with Gasteiger partial charge in [-0.2, -0.15) is 8.78 Å². The first kappa shape index (κ1) is 14.1. The minimum atomic E-state index is -2.91. The summed E-state index contributed by atoms with van der Waals surface area (Å²) in [5.74, 6) is 0.405. The molecule has 1 unspecified atom stereocenters. The van der Waals surface area contributed by atoms with E-state index >= 15 is 0 Å². The molecule has 1 fully saturated rings. The number of alkyl halides is 2. The van der Waals surface area contributed by atoms with Crippen molar-refractivity contribution in [2.24, 2.45) is 5.92 Å². The van der Waals surface area contributed by atoms with Crippen LogP contribution in [0, 0.1) is 5.92 Å². The number of aliphatic hydroxyl groups excluding tert-OH is 1. The van der Waals surface area contributed by atoms with Crippen molar-refractivity contribution >= 4 is 0 Å². The van der Waals surface area contributed by atoms with Gasteiger partial charge in [-0.3, -0.25) is 0 Å². The van der Waals surface area contributed by atoms with E-state index < -0.39 is 12.7 Å². The molecule has 0 aliphatic heterocycles. The lowest BCUT2D eigenvalue weighted by Gasteiger charge is -2.19. The van der Waals surface area contributed by atoms with Crippen LogP contribution in [0.2, 0.25) is 0 Å². The van der Waals surface area contributed by atoms with E-state index in [1.165, 1.54) is 13.2 Å². The summed E-state index contributed by atoms with van der Waals surface area (Å²) in [6.07, 6.45) is 3.53. The van der Waals surface area contributed by atoms with Crippen LogP contribution < -0.4 is 9.47 Å². The minimum Gasteiger partial charge on any atom is -0.493 e. The summed E-state index contributed by atoms with van der Waals surface area (Å²) in [6, 6.07) is 4.68. The van der Waals surface area contributed by atoms with Crippen molar-refractivity contribution in [3.05, 3.63) is 23.8 Å². The maximum absolute atomic E-state index is 12.3. The highest BCUT2D eigenvalue weighted by Crippen LogP contribution is 2.38. The van der Waals surface area contributed by atoms with E-state index in [1.807, 2.05) is 0 Å². The zero-order chi connectivity index (χ0) is 13.8. The third kappa shape index (κ3) is 3.35. The number of methoxy groups -OCH3 is 1. The third-order valence-electron chi connectivity index (χ3n) is 3.59. The highest BCUT2D eigenvalue weighted by atomic mass is 19.3. The molecule has 5 heteroatoms. The molecule has 1 N–H and O–H groups in total. The lowest BCUT2D eigenvalue weighted by molar-refractivity contribution is -0.0514. The average molecular weight is 272 g/mol. The molecule has 1 saturated carbocycles. The Hall–Kier alpha value is -1.36. The van der Waals surface area contributed by atoms with Gasteiger partial charge in [0.1, 0.15) is 0 Å². The molecule has 1 aromatic carbocycles. The maximum Gasteiger partial charge on any atom is 0.387 e. The number of ether oxygens (including phenoxy) is 2. The third-order valence-corrected chi connectivity index (χ3v) is 3.59. The molecule has 0 heterocycles. The fraction of sp³-hybridized carbons (Fsp3) is 0.571. The van der Waals surface area contributed by atoms with Gasteiger partial charge in [-0.25, -0.2) is 0 Å². The number of hydrogen-bond acceptors (Lipinski definition) is 3. The fourth-order valence-electron chi connectivity index (χ4n) is 2.61. The monoisotopic (exact) mass is 272 g/mol. The summed E-state index contributed by atoms with van der Waals surface area (Å²) in [7, 11) is 1.39. The molecule has 1 aliphatic rings. The molecular formula is C14H18F2O3. The van der Waals surface area contributed by atoms with Gasteiger partial charge in [0.25, 0.3) is 0 Å². The second kappa shape index (κ2) is 6.19. The fourth-order valence-corrected chi connectivity index (χ4v) is 2.61. The van der Waals surface area contributed by atoms with Crippen LogP contribution >= 0.6 is 0 Å². The Bertz CT molecular complexity index is 417. The van der Waals surface area contributed by atoms with Crippen LogP contribution in [0.3, 0.4) is 0 Å². The number of halogens is 2. The quantitative estimate of drug-likeness (QED) is 0.891. The topological polar surface area (TPSA) is 38.7 Å². The Balaban J connectivity index is 2.20. The van der Waals surface area contributed by atoms with E-state index in [-0.39, 0.29) is 17.4 Å². The molecule has 1 aromatic rings. The van der Waals surface area contributed by atoms with Crippen molar-refractivity contribution in [2.45, 2.75) is 38.4 Å². The Kier molecular flexibility index (Phi) is 4.58. The largest absolute Gasteiger partial charge is 0.493 e. The first-order chi connectivity index (χ1) is 9.11. The predicted octanol–water partition coefficient (Wildman–Crippen LogP) is 3.52. The highest BCUT2D eigenvalue weighted by molar-refractivity contribution is 5.43. The summed E-state index contributed by atoms with van der Waals surface area (Å²) in [4.78, 5) is 0. The number of benzene rings is 1. The van der Waals surface area contributed by atoms with Gasteiger partial charge in [-0.15, -0.1) is 0 Å². The van der Waals surface area contributed by atoms with Gasteiger partial charge in [0.2, 0.25) is 0 Å². The second-order valence-electron chi connectivity index (χ2n) is 4.78. The molecule has 0 saturated heterocycles. The van der Waals surface area contributed by atoms with Crippen molar-refractivity contribution in [3.8, 4) is 11.5 Å². The van der Waals surface area contributed by atoms with Crippen molar-refractivity contribution < 1.29 is 23.4 Å². The Morgan fingerprint density at radius 2 is 1.89 bits per heavy atom. The summed E-state index contributed by atoms with van der Waals surface area (Å²) in [5.41, 5.74) is 0.600. The lowest BCUT2D eigenvalue weighted by atomic mass is 9.94. The molecule has 3 nitrogen and oxygen atoms in total. The van der Waals surface area contributed by atoms with E-state index in [0.717, 1.165) is 25.7 Å². The average Bonchev–Trinajstić information content (AvgIpc) is 2.91. The number of aliphatic hydroxyl groups is 1. The Morgan fingerprint density at radius 3 is 2.47 bits per heavy atom. The molecule has 0 radical (unpaired) electrons. The predicted molar refractivity (Wildman–Crippen MR) is 66.5 cm³/mol. The van der Waals surface area contributed by atoms with Gasteiger partial charge < -0.3 is 14.6 Å². The molecule has 106 valence electrons. The van der Waals surface area contributed by atoms with Gasteiger partial charge in [0, 0.05) is 0 Å². The summed E-state index contributed by atoms with van der Waals surface area (Å²) in [5, 5.41) is 10.3. The van der Waals surface area contributed by atoms with Gasteiger partial charge in [0.15, 0.2) is 11.5 Å². The van der Waals surface area contributed by atoms with Crippen molar-refractivity contribution in [1.82, 2.24) is 0 Å². The minimum absolute atomic E-state index is 0.0351. The molecule has 0 spiro atoms. The van der Waals surface area contributed by atoms with Crippen LogP contribution in [0.4, 0.5) is 8.78 Å². The smallest absolute Gasteiger partial charge is 0.387 e. The normalized spacial score (nSPS) is 17.7. The maximum atomic E-state index is 12.3. The molecule has 19 heavy (non-hydrogen) atoms. The summed E-state index contributed by atoms with van der Waals surface area (Å²) in [6.45, 7) is -2.91.